The second-order valence-corrected chi connectivity index (χ2v) is 12.0. The van der Waals surface area contributed by atoms with Crippen LogP contribution in [-0.2, 0) is 11.2 Å². The predicted octanol–water partition coefficient (Wildman–Crippen LogP) is 4.37. The van der Waals surface area contributed by atoms with E-state index in [1.165, 1.54) is 16.2 Å². The Morgan fingerprint density at radius 1 is 1.23 bits per heavy atom. The number of amides is 2. The molecule has 3 aliphatic rings. The minimum Gasteiger partial charge on any atom is -0.497 e. The monoisotopic (exact) mass is 497 g/mol. The number of aliphatic hydroxyl groups is 1. The van der Waals surface area contributed by atoms with Crippen molar-refractivity contribution in [3.63, 3.8) is 0 Å². The molecule has 6 atom stereocenters. The fraction of sp³-hybridized carbons (Fsp3) is 0.593. The quantitative estimate of drug-likeness (QED) is 0.550. The molecule has 0 saturated heterocycles. The van der Waals surface area contributed by atoms with Gasteiger partial charge < -0.3 is 15.2 Å². The lowest BCUT2D eigenvalue weighted by atomic mass is 9.53. The van der Waals surface area contributed by atoms with E-state index in [0.717, 1.165) is 37.8 Å². The Kier molecular flexibility index (Phi) is 6.38. The summed E-state index contributed by atoms with van der Waals surface area (Å²) >= 11 is 1.54. The molecule has 3 N–H and O–H groups in total. The highest BCUT2D eigenvalue weighted by Crippen LogP contribution is 2.57. The van der Waals surface area contributed by atoms with E-state index >= 15 is 0 Å². The van der Waals surface area contributed by atoms with Crippen LogP contribution in [0.5, 0.6) is 5.75 Å². The largest absolute Gasteiger partial charge is 0.497 e. The lowest BCUT2D eigenvalue weighted by molar-refractivity contribution is -0.134. The third-order valence-electron chi connectivity index (χ3n) is 8.47. The van der Waals surface area contributed by atoms with Gasteiger partial charge in [0.05, 0.1) is 18.9 Å². The Morgan fingerprint density at radius 3 is 2.60 bits per heavy atom. The van der Waals surface area contributed by atoms with Gasteiger partial charge in [-0.25, -0.2) is 4.98 Å². The maximum atomic E-state index is 12.8. The van der Waals surface area contributed by atoms with Gasteiger partial charge in [0.2, 0.25) is 5.91 Å². The van der Waals surface area contributed by atoms with Crippen molar-refractivity contribution in [3.05, 3.63) is 40.4 Å². The molecule has 0 radical (unpaired) electrons. The molecule has 1 heterocycles. The van der Waals surface area contributed by atoms with Crippen molar-refractivity contribution in [1.29, 1.82) is 0 Å². The molecule has 1 aromatic carbocycles. The van der Waals surface area contributed by atoms with Crippen LogP contribution >= 0.6 is 11.3 Å². The number of methoxy groups -OCH3 is 1. The van der Waals surface area contributed by atoms with Gasteiger partial charge in [-0.2, -0.15) is 0 Å². The summed E-state index contributed by atoms with van der Waals surface area (Å²) in [6.07, 6.45) is 4.21. The number of fused-ring (bicyclic) bond motifs is 2. The predicted molar refractivity (Wildman–Crippen MR) is 136 cm³/mol. The maximum Gasteiger partial charge on any atom is 0.257 e. The highest BCUT2D eigenvalue weighted by Gasteiger charge is 2.54. The maximum absolute atomic E-state index is 12.8. The van der Waals surface area contributed by atoms with Crippen LogP contribution in [-0.4, -0.2) is 41.2 Å². The first-order chi connectivity index (χ1) is 16.7. The number of aromatic nitrogens is 1. The number of rotatable bonds is 6. The van der Waals surface area contributed by atoms with E-state index in [4.69, 9.17) is 9.72 Å². The van der Waals surface area contributed by atoms with Crippen molar-refractivity contribution in [2.75, 3.05) is 12.4 Å². The van der Waals surface area contributed by atoms with Crippen molar-refractivity contribution < 1.29 is 19.4 Å². The van der Waals surface area contributed by atoms with E-state index in [-0.39, 0.29) is 40.9 Å². The Balaban J connectivity index is 1.33. The van der Waals surface area contributed by atoms with Crippen LogP contribution in [0.2, 0.25) is 0 Å². The third-order valence-corrected chi connectivity index (χ3v) is 9.46. The zero-order valence-corrected chi connectivity index (χ0v) is 21.7. The number of benzene rings is 1. The Bertz CT molecular complexity index is 1110. The van der Waals surface area contributed by atoms with Crippen LogP contribution in [0.1, 0.15) is 73.3 Å². The summed E-state index contributed by atoms with van der Waals surface area (Å²) in [7, 11) is 1.59. The molecule has 35 heavy (non-hydrogen) atoms. The number of hydrogen-bond acceptors (Lipinski definition) is 6. The molecule has 8 heteroatoms. The number of ether oxygens (including phenoxy) is 1. The lowest BCUT2D eigenvalue weighted by Gasteiger charge is -2.53. The fourth-order valence-electron chi connectivity index (χ4n) is 6.27. The number of aliphatic hydroxyl groups excluding tert-OH is 1. The molecule has 7 nitrogen and oxygen atoms in total. The van der Waals surface area contributed by atoms with Gasteiger partial charge in [-0.15, -0.1) is 11.3 Å². The molecule has 3 aliphatic carbocycles. The van der Waals surface area contributed by atoms with E-state index in [1.807, 2.05) is 6.92 Å². The summed E-state index contributed by atoms with van der Waals surface area (Å²) in [4.78, 5) is 31.5. The van der Waals surface area contributed by atoms with Crippen LogP contribution in [0.4, 0.5) is 5.13 Å². The van der Waals surface area contributed by atoms with E-state index < -0.39 is 6.10 Å². The molecule has 188 valence electrons. The van der Waals surface area contributed by atoms with Gasteiger partial charge in [-0.3, -0.25) is 14.9 Å². The number of carbonyl (C=O) groups excluding carboxylic acids is 2. The minimum absolute atomic E-state index is 0.0252. The summed E-state index contributed by atoms with van der Waals surface area (Å²) in [5.41, 5.74) is 1.46. The second-order valence-electron chi connectivity index (χ2n) is 10.9. The molecule has 5 rings (SSSR count). The summed E-state index contributed by atoms with van der Waals surface area (Å²) in [6, 6.07) is 7.32. The van der Waals surface area contributed by atoms with Crippen LogP contribution in [0.25, 0.3) is 0 Å². The topological polar surface area (TPSA) is 101 Å². The molecular formula is C27H35N3O4S. The van der Waals surface area contributed by atoms with Gasteiger partial charge in [0.25, 0.3) is 5.91 Å². The average molecular weight is 498 g/mol. The van der Waals surface area contributed by atoms with Crippen LogP contribution in [0, 0.1) is 23.2 Å². The van der Waals surface area contributed by atoms with Gasteiger partial charge in [0, 0.05) is 28.3 Å². The van der Waals surface area contributed by atoms with Gasteiger partial charge in [0.1, 0.15) is 5.75 Å². The molecule has 1 aromatic heterocycles. The van der Waals surface area contributed by atoms with Gasteiger partial charge >= 0.3 is 0 Å². The van der Waals surface area contributed by atoms with Crippen molar-refractivity contribution in [2.45, 2.75) is 70.9 Å². The SMILES string of the molecule is COc1ccc(C(=O)Nc2nc3c(s2)C[C@@]2(C)CC[C@@H]([C@H](C)C(=O)NC4CC4)[C@H](O)[C@H]2[C@H]3C)cc1. The molecule has 2 fully saturated rings. The zero-order valence-electron chi connectivity index (χ0n) is 20.8. The van der Waals surface area contributed by atoms with E-state index in [2.05, 4.69) is 24.5 Å². The molecule has 2 saturated carbocycles. The molecule has 0 bridgehead atoms. The summed E-state index contributed by atoms with van der Waals surface area (Å²) in [5.74, 6) is 0.377. The second kappa shape index (κ2) is 9.21. The standard InChI is InChI=1S/C27H35N3O4S/c1-14(24(32)28-17-7-8-17)19-11-12-27(3)13-20-22(15(2)21(27)23(19)31)29-26(35-20)30-25(33)16-5-9-18(34-4)10-6-16/h5-6,9-10,14-15,17,19,21,23,31H,7-8,11-13H2,1-4H3,(H,28,32)(H,29,30,33)/t14-,15+,19-,21+,23-,27+/m0/s1. The molecule has 0 spiro atoms. The lowest BCUT2D eigenvalue weighted by Crippen LogP contribution is -2.53. The number of nitrogens with one attached hydrogen (secondary N) is 2. The highest BCUT2D eigenvalue weighted by atomic mass is 32.1. The number of thiazole rings is 1. The normalized spacial score (nSPS) is 30.5. The van der Waals surface area contributed by atoms with Crippen LogP contribution < -0.4 is 15.4 Å². The molecular weight excluding hydrogens is 462 g/mol. The number of carbonyl (C=O) groups is 2. The number of nitrogens with zero attached hydrogens (tertiary/aromatic N) is 1. The fourth-order valence-corrected chi connectivity index (χ4v) is 7.53. The van der Waals surface area contributed by atoms with Gasteiger partial charge in [-0.05, 0) is 73.6 Å². The average Bonchev–Trinajstić information content (AvgIpc) is 3.56. The Morgan fingerprint density at radius 2 is 1.94 bits per heavy atom. The molecule has 2 aromatic rings. The third kappa shape index (κ3) is 4.58. The Labute approximate surface area is 210 Å². The zero-order chi connectivity index (χ0) is 24.9. The van der Waals surface area contributed by atoms with Gasteiger partial charge in [-0.1, -0.05) is 20.8 Å². The molecule has 0 unspecified atom stereocenters. The highest BCUT2D eigenvalue weighted by molar-refractivity contribution is 7.15. The van der Waals surface area contributed by atoms with Crippen molar-refractivity contribution in [2.24, 2.45) is 23.2 Å². The smallest absolute Gasteiger partial charge is 0.257 e. The van der Waals surface area contributed by atoms with Gasteiger partial charge in [0.15, 0.2) is 5.13 Å². The van der Waals surface area contributed by atoms with E-state index in [1.54, 1.807) is 31.4 Å². The number of hydrogen-bond donors (Lipinski definition) is 3. The van der Waals surface area contributed by atoms with Crippen molar-refractivity contribution in [1.82, 2.24) is 10.3 Å². The summed E-state index contributed by atoms with van der Waals surface area (Å²) in [6.45, 7) is 6.36. The van der Waals surface area contributed by atoms with Crippen molar-refractivity contribution >= 4 is 28.3 Å². The summed E-state index contributed by atoms with van der Waals surface area (Å²) < 4.78 is 5.17. The number of anilines is 1. The minimum atomic E-state index is -0.559. The first-order valence-electron chi connectivity index (χ1n) is 12.6. The summed E-state index contributed by atoms with van der Waals surface area (Å²) in [5, 5.41) is 18.2. The van der Waals surface area contributed by atoms with E-state index in [0.29, 0.717) is 22.5 Å². The van der Waals surface area contributed by atoms with Crippen LogP contribution in [0.15, 0.2) is 24.3 Å². The van der Waals surface area contributed by atoms with E-state index in [9.17, 15) is 14.7 Å². The van der Waals surface area contributed by atoms with Crippen LogP contribution in [0.3, 0.4) is 0 Å². The molecule has 0 aliphatic heterocycles. The van der Waals surface area contributed by atoms with Crippen molar-refractivity contribution in [3.8, 4) is 5.75 Å². The molecule has 2 amide bonds. The Hall–Kier alpha value is -2.45. The first kappa shape index (κ1) is 24.3. The first-order valence-corrected chi connectivity index (χ1v) is 13.5.